The van der Waals surface area contributed by atoms with E-state index >= 15 is 0 Å². The first-order valence-corrected chi connectivity index (χ1v) is 8.08. The van der Waals surface area contributed by atoms with Gasteiger partial charge in [-0.1, -0.05) is 54.1 Å². The fourth-order valence-corrected chi connectivity index (χ4v) is 2.84. The maximum absolute atomic E-state index is 3.74. The minimum atomic E-state index is 0.268. The lowest BCUT2D eigenvalue weighted by atomic mass is 9.94. The normalized spacial score (nSPS) is 12.6. The Morgan fingerprint density at radius 2 is 1.73 bits per heavy atom. The second kappa shape index (κ2) is 8.11. The highest BCUT2D eigenvalue weighted by molar-refractivity contribution is 5.38. The SMILES string of the molecule is Cc1ccc(C(NCCCN(C)C)c2ccccc2)c(C)c1. The molecule has 0 aromatic heterocycles. The molecule has 1 unspecified atom stereocenters. The molecule has 2 aromatic rings. The van der Waals surface area contributed by atoms with E-state index < -0.39 is 0 Å². The van der Waals surface area contributed by atoms with Gasteiger partial charge in [0, 0.05) is 0 Å². The molecule has 0 aliphatic carbocycles. The highest BCUT2D eigenvalue weighted by Crippen LogP contribution is 2.25. The van der Waals surface area contributed by atoms with Gasteiger partial charge < -0.3 is 10.2 Å². The minimum absolute atomic E-state index is 0.268. The van der Waals surface area contributed by atoms with Crippen LogP contribution in [0.2, 0.25) is 0 Å². The molecule has 0 fully saturated rings. The summed E-state index contributed by atoms with van der Waals surface area (Å²) in [6.07, 6.45) is 1.15. The lowest BCUT2D eigenvalue weighted by Crippen LogP contribution is -2.26. The smallest absolute Gasteiger partial charge is 0.0579 e. The summed E-state index contributed by atoms with van der Waals surface area (Å²) in [6.45, 7) is 6.49. The van der Waals surface area contributed by atoms with Gasteiger partial charge in [-0.3, -0.25) is 0 Å². The van der Waals surface area contributed by atoms with E-state index in [1.165, 1.54) is 22.3 Å². The van der Waals surface area contributed by atoms with Crippen LogP contribution >= 0.6 is 0 Å². The predicted octanol–water partition coefficient (Wildman–Crippen LogP) is 3.93. The van der Waals surface area contributed by atoms with Crippen LogP contribution in [0.5, 0.6) is 0 Å². The highest BCUT2D eigenvalue weighted by Gasteiger charge is 2.15. The van der Waals surface area contributed by atoms with Gasteiger partial charge in [0.15, 0.2) is 0 Å². The summed E-state index contributed by atoms with van der Waals surface area (Å²) in [6, 6.07) is 17.7. The lowest BCUT2D eigenvalue weighted by Gasteiger charge is -2.22. The molecule has 0 radical (unpaired) electrons. The van der Waals surface area contributed by atoms with Crippen LogP contribution in [0.1, 0.15) is 34.7 Å². The fourth-order valence-electron chi connectivity index (χ4n) is 2.84. The first-order valence-electron chi connectivity index (χ1n) is 8.08. The molecule has 2 rings (SSSR count). The first-order chi connectivity index (χ1) is 10.6. The molecule has 118 valence electrons. The molecule has 0 aliphatic rings. The van der Waals surface area contributed by atoms with E-state index in [0.717, 1.165) is 19.5 Å². The largest absolute Gasteiger partial charge is 0.309 e. The summed E-state index contributed by atoms with van der Waals surface area (Å²) in [5.41, 5.74) is 5.38. The highest BCUT2D eigenvalue weighted by atomic mass is 15.1. The average Bonchev–Trinajstić information content (AvgIpc) is 2.49. The van der Waals surface area contributed by atoms with Crippen molar-refractivity contribution in [2.45, 2.75) is 26.3 Å². The standard InChI is InChI=1S/C20H28N2/c1-16-11-12-19(17(2)15-16)20(18-9-6-5-7-10-18)21-13-8-14-22(3)4/h5-7,9-12,15,20-21H,8,13-14H2,1-4H3. The molecule has 2 heteroatoms. The van der Waals surface area contributed by atoms with Crippen molar-refractivity contribution in [1.82, 2.24) is 10.2 Å². The Morgan fingerprint density at radius 3 is 2.36 bits per heavy atom. The maximum atomic E-state index is 3.74. The van der Waals surface area contributed by atoms with Gasteiger partial charge in [-0.25, -0.2) is 0 Å². The molecular weight excluding hydrogens is 268 g/mol. The van der Waals surface area contributed by atoms with Crippen molar-refractivity contribution in [3.63, 3.8) is 0 Å². The molecule has 0 saturated carbocycles. The first kappa shape index (κ1) is 16.7. The van der Waals surface area contributed by atoms with E-state index in [1.807, 2.05) is 0 Å². The van der Waals surface area contributed by atoms with E-state index in [0.29, 0.717) is 0 Å². The van der Waals surface area contributed by atoms with E-state index in [-0.39, 0.29) is 6.04 Å². The van der Waals surface area contributed by atoms with E-state index in [1.54, 1.807) is 0 Å². The maximum Gasteiger partial charge on any atom is 0.0579 e. The van der Waals surface area contributed by atoms with Crippen molar-refractivity contribution in [3.05, 3.63) is 70.8 Å². The Bertz CT molecular complexity index is 576. The molecule has 22 heavy (non-hydrogen) atoms. The van der Waals surface area contributed by atoms with Gasteiger partial charge in [0.25, 0.3) is 0 Å². The molecule has 0 bridgehead atoms. The molecule has 0 spiro atoms. The predicted molar refractivity (Wildman–Crippen MR) is 95.4 cm³/mol. The lowest BCUT2D eigenvalue weighted by molar-refractivity contribution is 0.391. The molecule has 0 heterocycles. The van der Waals surface area contributed by atoms with Crippen LogP contribution in [0.25, 0.3) is 0 Å². The number of nitrogens with one attached hydrogen (secondary N) is 1. The number of hydrogen-bond acceptors (Lipinski definition) is 2. The van der Waals surface area contributed by atoms with Crippen molar-refractivity contribution in [3.8, 4) is 0 Å². The fraction of sp³-hybridized carbons (Fsp3) is 0.400. The van der Waals surface area contributed by atoms with Gasteiger partial charge in [0.2, 0.25) is 0 Å². The van der Waals surface area contributed by atoms with Crippen LogP contribution in [0, 0.1) is 13.8 Å². The number of aryl methyl sites for hydroxylation is 2. The van der Waals surface area contributed by atoms with Gasteiger partial charge in [-0.15, -0.1) is 0 Å². The van der Waals surface area contributed by atoms with Gasteiger partial charge in [-0.2, -0.15) is 0 Å². The Labute approximate surface area is 135 Å². The third-order valence-electron chi connectivity index (χ3n) is 4.00. The van der Waals surface area contributed by atoms with Crippen LogP contribution in [-0.2, 0) is 0 Å². The Morgan fingerprint density at radius 1 is 1.00 bits per heavy atom. The topological polar surface area (TPSA) is 15.3 Å². The van der Waals surface area contributed by atoms with Crippen molar-refractivity contribution < 1.29 is 0 Å². The van der Waals surface area contributed by atoms with E-state index in [2.05, 4.69) is 86.7 Å². The van der Waals surface area contributed by atoms with Crippen LogP contribution in [0.4, 0.5) is 0 Å². The summed E-state index contributed by atoms with van der Waals surface area (Å²) < 4.78 is 0. The third-order valence-corrected chi connectivity index (χ3v) is 4.00. The number of benzene rings is 2. The van der Waals surface area contributed by atoms with Crippen molar-refractivity contribution >= 4 is 0 Å². The van der Waals surface area contributed by atoms with Crippen LogP contribution in [0.3, 0.4) is 0 Å². The Kier molecular flexibility index (Phi) is 6.17. The minimum Gasteiger partial charge on any atom is -0.309 e. The Hall–Kier alpha value is -1.64. The molecule has 0 aliphatic heterocycles. The zero-order chi connectivity index (χ0) is 15.9. The quantitative estimate of drug-likeness (QED) is 0.779. The summed E-state index contributed by atoms with van der Waals surface area (Å²) in [5.74, 6) is 0. The summed E-state index contributed by atoms with van der Waals surface area (Å²) in [4.78, 5) is 2.23. The molecule has 0 saturated heterocycles. The number of nitrogens with zero attached hydrogens (tertiary/aromatic N) is 1. The van der Waals surface area contributed by atoms with Crippen LogP contribution < -0.4 is 5.32 Å². The third kappa shape index (κ3) is 4.69. The summed E-state index contributed by atoms with van der Waals surface area (Å²) >= 11 is 0. The van der Waals surface area contributed by atoms with Gasteiger partial charge in [0.1, 0.15) is 0 Å². The van der Waals surface area contributed by atoms with Gasteiger partial charge >= 0.3 is 0 Å². The second-order valence-electron chi connectivity index (χ2n) is 6.31. The zero-order valence-corrected chi connectivity index (χ0v) is 14.3. The molecule has 1 atom stereocenters. The van der Waals surface area contributed by atoms with Crippen molar-refractivity contribution in [2.24, 2.45) is 0 Å². The van der Waals surface area contributed by atoms with Crippen molar-refractivity contribution in [2.75, 3.05) is 27.2 Å². The molecule has 2 aromatic carbocycles. The van der Waals surface area contributed by atoms with E-state index in [4.69, 9.17) is 0 Å². The van der Waals surface area contributed by atoms with Crippen LogP contribution in [0.15, 0.2) is 48.5 Å². The molecule has 0 amide bonds. The molecular formula is C20H28N2. The number of hydrogen-bond donors (Lipinski definition) is 1. The summed E-state index contributed by atoms with van der Waals surface area (Å²) in [7, 11) is 4.25. The van der Waals surface area contributed by atoms with E-state index in [9.17, 15) is 0 Å². The molecule has 1 N–H and O–H groups in total. The van der Waals surface area contributed by atoms with Gasteiger partial charge in [-0.05, 0) is 64.1 Å². The number of rotatable bonds is 7. The zero-order valence-electron chi connectivity index (χ0n) is 14.3. The van der Waals surface area contributed by atoms with Crippen LogP contribution in [-0.4, -0.2) is 32.1 Å². The monoisotopic (exact) mass is 296 g/mol. The second-order valence-corrected chi connectivity index (χ2v) is 6.31. The van der Waals surface area contributed by atoms with Crippen molar-refractivity contribution in [1.29, 1.82) is 0 Å². The van der Waals surface area contributed by atoms with Gasteiger partial charge in [0.05, 0.1) is 6.04 Å². The average molecular weight is 296 g/mol. The molecule has 2 nitrogen and oxygen atoms in total. The Balaban J connectivity index is 2.18. The summed E-state index contributed by atoms with van der Waals surface area (Å²) in [5, 5.41) is 3.74.